The number of carboxylic acid groups (broad SMARTS) is 1. The van der Waals surface area contributed by atoms with Crippen molar-refractivity contribution in [1.29, 1.82) is 0 Å². The number of carbonyl (C=O) groups is 2. The molecule has 0 unspecified atom stereocenters. The molecular weight excluding hydrogens is 256 g/mol. The van der Waals surface area contributed by atoms with Gasteiger partial charge in [0.25, 0.3) is 0 Å². The van der Waals surface area contributed by atoms with Crippen molar-refractivity contribution < 1.29 is 14.7 Å². The van der Waals surface area contributed by atoms with Crippen LogP contribution in [0.5, 0.6) is 0 Å². The van der Waals surface area contributed by atoms with Crippen LogP contribution in [0.4, 0.5) is 10.5 Å². The number of nitrogens with one attached hydrogen (secondary N) is 2. The highest BCUT2D eigenvalue weighted by atomic mass is 16.4. The van der Waals surface area contributed by atoms with Crippen molar-refractivity contribution in [3.63, 3.8) is 0 Å². The van der Waals surface area contributed by atoms with Crippen molar-refractivity contribution in [3.8, 4) is 0 Å². The molecule has 2 amide bonds. The van der Waals surface area contributed by atoms with Crippen LogP contribution < -0.4 is 10.6 Å². The van der Waals surface area contributed by atoms with Crippen LogP contribution in [-0.2, 0) is 4.79 Å². The van der Waals surface area contributed by atoms with Crippen LogP contribution in [0.25, 0.3) is 10.8 Å². The largest absolute Gasteiger partial charge is 0.480 e. The SMILES string of the molecule is CC(C)(NC(=O)Nc1cccc2ccccc12)C(=O)O. The molecule has 0 aliphatic heterocycles. The number of urea groups is 1. The van der Waals surface area contributed by atoms with Crippen LogP contribution in [0.1, 0.15) is 13.8 Å². The number of hydrogen-bond acceptors (Lipinski definition) is 2. The molecule has 2 aromatic rings. The first kappa shape index (κ1) is 13.9. The molecule has 104 valence electrons. The number of anilines is 1. The van der Waals surface area contributed by atoms with Crippen molar-refractivity contribution >= 4 is 28.5 Å². The summed E-state index contributed by atoms with van der Waals surface area (Å²) in [6.07, 6.45) is 0. The molecule has 5 nitrogen and oxygen atoms in total. The number of benzene rings is 2. The summed E-state index contributed by atoms with van der Waals surface area (Å²) in [7, 11) is 0. The molecule has 0 saturated carbocycles. The van der Waals surface area contributed by atoms with Gasteiger partial charge in [-0.25, -0.2) is 9.59 Å². The van der Waals surface area contributed by atoms with Crippen molar-refractivity contribution in [3.05, 3.63) is 42.5 Å². The van der Waals surface area contributed by atoms with E-state index < -0.39 is 17.5 Å². The van der Waals surface area contributed by atoms with E-state index in [1.54, 1.807) is 6.07 Å². The molecule has 0 aromatic heterocycles. The molecule has 3 N–H and O–H groups in total. The fourth-order valence-corrected chi connectivity index (χ4v) is 1.83. The highest BCUT2D eigenvalue weighted by Crippen LogP contribution is 2.22. The molecule has 0 atom stereocenters. The van der Waals surface area contributed by atoms with Crippen LogP contribution in [-0.4, -0.2) is 22.6 Å². The Balaban J connectivity index is 2.21. The Labute approximate surface area is 116 Å². The maximum absolute atomic E-state index is 11.9. The van der Waals surface area contributed by atoms with E-state index in [1.165, 1.54) is 13.8 Å². The van der Waals surface area contributed by atoms with E-state index in [-0.39, 0.29) is 0 Å². The summed E-state index contributed by atoms with van der Waals surface area (Å²) >= 11 is 0. The average Bonchev–Trinajstić information content (AvgIpc) is 2.38. The van der Waals surface area contributed by atoms with E-state index in [4.69, 9.17) is 5.11 Å². The van der Waals surface area contributed by atoms with E-state index in [2.05, 4.69) is 10.6 Å². The minimum Gasteiger partial charge on any atom is -0.480 e. The predicted octanol–water partition coefficient (Wildman–Crippen LogP) is 2.82. The van der Waals surface area contributed by atoms with Gasteiger partial charge in [0.1, 0.15) is 5.54 Å². The first-order chi connectivity index (χ1) is 9.40. The van der Waals surface area contributed by atoms with Gasteiger partial charge in [0.05, 0.1) is 5.69 Å². The average molecular weight is 272 g/mol. The molecule has 0 heterocycles. The fraction of sp³-hybridized carbons (Fsp3) is 0.200. The third-order valence-corrected chi connectivity index (χ3v) is 3.00. The van der Waals surface area contributed by atoms with Gasteiger partial charge in [0.2, 0.25) is 0 Å². The van der Waals surface area contributed by atoms with E-state index >= 15 is 0 Å². The van der Waals surface area contributed by atoms with E-state index in [1.807, 2.05) is 36.4 Å². The normalized spacial score (nSPS) is 11.1. The molecule has 5 heteroatoms. The van der Waals surface area contributed by atoms with Gasteiger partial charge >= 0.3 is 12.0 Å². The Morgan fingerprint density at radius 2 is 1.70 bits per heavy atom. The molecule has 0 radical (unpaired) electrons. The Morgan fingerprint density at radius 3 is 2.40 bits per heavy atom. The monoisotopic (exact) mass is 272 g/mol. The molecule has 0 fully saturated rings. The zero-order valence-corrected chi connectivity index (χ0v) is 11.3. The van der Waals surface area contributed by atoms with Gasteiger partial charge in [-0.3, -0.25) is 0 Å². The summed E-state index contributed by atoms with van der Waals surface area (Å²) in [6.45, 7) is 2.86. The molecule has 0 saturated heterocycles. The topological polar surface area (TPSA) is 78.4 Å². The lowest BCUT2D eigenvalue weighted by atomic mass is 10.1. The summed E-state index contributed by atoms with van der Waals surface area (Å²) < 4.78 is 0. The van der Waals surface area contributed by atoms with Crippen LogP contribution in [0.2, 0.25) is 0 Å². The number of aliphatic carboxylic acids is 1. The van der Waals surface area contributed by atoms with Crippen LogP contribution >= 0.6 is 0 Å². The number of amides is 2. The first-order valence-corrected chi connectivity index (χ1v) is 6.20. The summed E-state index contributed by atoms with van der Waals surface area (Å²) in [5.41, 5.74) is -0.684. The Hall–Kier alpha value is -2.56. The number of fused-ring (bicyclic) bond motifs is 1. The van der Waals surface area contributed by atoms with Crippen LogP contribution in [0.3, 0.4) is 0 Å². The minimum absolute atomic E-state index is 0.547. The van der Waals surface area contributed by atoms with Gasteiger partial charge in [-0.2, -0.15) is 0 Å². The molecule has 0 aliphatic carbocycles. The van der Waals surface area contributed by atoms with Crippen molar-refractivity contribution in [2.24, 2.45) is 0 Å². The zero-order chi connectivity index (χ0) is 14.8. The third kappa shape index (κ3) is 2.88. The first-order valence-electron chi connectivity index (χ1n) is 6.20. The lowest BCUT2D eigenvalue weighted by molar-refractivity contribution is -0.142. The van der Waals surface area contributed by atoms with Gasteiger partial charge in [-0.05, 0) is 25.3 Å². The van der Waals surface area contributed by atoms with Gasteiger partial charge in [0.15, 0.2) is 0 Å². The van der Waals surface area contributed by atoms with E-state index in [0.717, 1.165) is 10.8 Å². The quantitative estimate of drug-likeness (QED) is 0.804. The summed E-state index contributed by atoms with van der Waals surface area (Å²) in [4.78, 5) is 22.9. The second kappa shape index (κ2) is 5.21. The molecule has 2 rings (SSSR count). The number of carboxylic acids is 1. The lowest BCUT2D eigenvalue weighted by Crippen LogP contribution is -2.51. The highest BCUT2D eigenvalue weighted by Gasteiger charge is 2.28. The Bertz CT molecular complexity index is 660. The molecule has 0 spiro atoms. The van der Waals surface area contributed by atoms with E-state index in [9.17, 15) is 9.59 Å². The Kier molecular flexibility index (Phi) is 3.61. The van der Waals surface area contributed by atoms with E-state index in [0.29, 0.717) is 5.69 Å². The summed E-state index contributed by atoms with van der Waals surface area (Å²) in [5, 5.41) is 16.0. The molecule has 20 heavy (non-hydrogen) atoms. The maximum Gasteiger partial charge on any atom is 0.328 e. The van der Waals surface area contributed by atoms with Crippen molar-refractivity contribution in [1.82, 2.24) is 5.32 Å². The smallest absolute Gasteiger partial charge is 0.328 e. The molecular formula is C15H16N2O3. The fourth-order valence-electron chi connectivity index (χ4n) is 1.83. The third-order valence-electron chi connectivity index (χ3n) is 3.00. The number of carbonyl (C=O) groups excluding carboxylic acids is 1. The van der Waals surface area contributed by atoms with Gasteiger partial charge in [0, 0.05) is 5.39 Å². The molecule has 2 aromatic carbocycles. The number of rotatable bonds is 3. The van der Waals surface area contributed by atoms with Crippen molar-refractivity contribution in [2.45, 2.75) is 19.4 Å². The van der Waals surface area contributed by atoms with Gasteiger partial charge in [-0.15, -0.1) is 0 Å². The Morgan fingerprint density at radius 1 is 1.05 bits per heavy atom. The van der Waals surface area contributed by atoms with Gasteiger partial charge in [-0.1, -0.05) is 36.4 Å². The van der Waals surface area contributed by atoms with Gasteiger partial charge < -0.3 is 15.7 Å². The standard InChI is InChI=1S/C15H16N2O3/c1-15(2,13(18)19)17-14(20)16-12-9-5-7-10-6-3-4-8-11(10)12/h3-9H,1-2H3,(H,18,19)(H2,16,17,20). The zero-order valence-electron chi connectivity index (χ0n) is 11.3. The minimum atomic E-state index is -1.32. The maximum atomic E-state index is 11.9. The molecule has 0 aliphatic rings. The number of hydrogen-bond donors (Lipinski definition) is 3. The predicted molar refractivity (Wildman–Crippen MR) is 77.8 cm³/mol. The van der Waals surface area contributed by atoms with Crippen LogP contribution in [0.15, 0.2) is 42.5 Å². The highest BCUT2D eigenvalue weighted by molar-refractivity contribution is 6.02. The second-order valence-corrected chi connectivity index (χ2v) is 5.04. The summed E-state index contributed by atoms with van der Waals surface area (Å²) in [6, 6.07) is 12.6. The van der Waals surface area contributed by atoms with Crippen molar-refractivity contribution in [2.75, 3.05) is 5.32 Å². The molecule has 0 bridgehead atoms. The van der Waals surface area contributed by atoms with Crippen LogP contribution in [0, 0.1) is 0 Å². The summed E-state index contributed by atoms with van der Waals surface area (Å²) in [5.74, 6) is -1.09. The lowest BCUT2D eigenvalue weighted by Gasteiger charge is -2.21. The second-order valence-electron chi connectivity index (χ2n) is 5.04.